The van der Waals surface area contributed by atoms with Gasteiger partial charge in [-0.3, -0.25) is 0 Å². The number of aromatic nitrogens is 2. The van der Waals surface area contributed by atoms with Gasteiger partial charge in [0.2, 0.25) is 5.95 Å². The molecule has 2 aromatic rings. The number of nitrogen functional groups attached to an aromatic ring is 2. The first-order chi connectivity index (χ1) is 7.74. The van der Waals surface area contributed by atoms with E-state index in [1.165, 1.54) is 4.88 Å². The van der Waals surface area contributed by atoms with Crippen molar-refractivity contribution in [2.45, 2.75) is 6.42 Å². The van der Waals surface area contributed by atoms with Crippen LogP contribution in [0.1, 0.15) is 4.88 Å². The molecule has 16 heavy (non-hydrogen) atoms. The van der Waals surface area contributed by atoms with Crippen molar-refractivity contribution in [3.63, 3.8) is 0 Å². The molecule has 0 unspecified atom stereocenters. The zero-order valence-electron chi connectivity index (χ0n) is 8.68. The summed E-state index contributed by atoms with van der Waals surface area (Å²) in [6, 6.07) is 5.82. The second-order valence-electron chi connectivity index (χ2n) is 3.29. The summed E-state index contributed by atoms with van der Waals surface area (Å²) in [4.78, 5) is 9.17. The van der Waals surface area contributed by atoms with Gasteiger partial charge in [0.05, 0.1) is 0 Å². The Hall–Kier alpha value is -1.82. The van der Waals surface area contributed by atoms with Crippen LogP contribution in [0.25, 0.3) is 0 Å². The smallest absolute Gasteiger partial charge is 0.223 e. The van der Waals surface area contributed by atoms with E-state index in [9.17, 15) is 0 Å². The van der Waals surface area contributed by atoms with Gasteiger partial charge in [0, 0.05) is 17.5 Å². The predicted octanol–water partition coefficient (Wildman–Crippen LogP) is 1.36. The van der Waals surface area contributed by atoms with E-state index in [-0.39, 0.29) is 5.95 Å². The number of hydrogen-bond acceptors (Lipinski definition) is 6. The Morgan fingerprint density at radius 2 is 2.19 bits per heavy atom. The van der Waals surface area contributed by atoms with Gasteiger partial charge in [-0.25, -0.2) is 0 Å². The van der Waals surface area contributed by atoms with Gasteiger partial charge in [-0.05, 0) is 17.9 Å². The van der Waals surface area contributed by atoms with E-state index in [0.717, 1.165) is 13.0 Å². The number of nitrogens with one attached hydrogen (secondary N) is 1. The fourth-order valence-corrected chi connectivity index (χ4v) is 2.05. The number of hydrogen-bond donors (Lipinski definition) is 3. The van der Waals surface area contributed by atoms with Gasteiger partial charge in [-0.2, -0.15) is 9.97 Å². The summed E-state index contributed by atoms with van der Waals surface area (Å²) >= 11 is 1.74. The van der Waals surface area contributed by atoms with Crippen molar-refractivity contribution in [1.82, 2.24) is 9.97 Å². The highest BCUT2D eigenvalue weighted by Crippen LogP contribution is 2.11. The molecule has 5 N–H and O–H groups in total. The third-order valence-corrected chi connectivity index (χ3v) is 2.96. The van der Waals surface area contributed by atoms with Crippen LogP contribution >= 0.6 is 11.3 Å². The number of thiophene rings is 1. The highest BCUT2D eigenvalue weighted by atomic mass is 32.1. The Balaban J connectivity index is 1.89. The molecule has 2 aromatic heterocycles. The maximum atomic E-state index is 5.56. The lowest BCUT2D eigenvalue weighted by Gasteiger charge is -2.05. The topological polar surface area (TPSA) is 89.8 Å². The highest BCUT2D eigenvalue weighted by molar-refractivity contribution is 7.09. The van der Waals surface area contributed by atoms with Gasteiger partial charge < -0.3 is 16.8 Å². The molecule has 0 fully saturated rings. The molecule has 0 amide bonds. The Bertz CT molecular complexity index is 434. The van der Waals surface area contributed by atoms with Gasteiger partial charge in [0.1, 0.15) is 11.6 Å². The van der Waals surface area contributed by atoms with E-state index < -0.39 is 0 Å². The Kier molecular flexibility index (Phi) is 3.21. The minimum Gasteiger partial charge on any atom is -0.383 e. The average molecular weight is 235 g/mol. The minimum absolute atomic E-state index is 0.193. The fraction of sp³-hybridized carbons (Fsp3) is 0.200. The first kappa shape index (κ1) is 10.7. The molecule has 0 saturated heterocycles. The molecule has 0 radical (unpaired) electrons. The summed E-state index contributed by atoms with van der Waals surface area (Å²) in [5, 5.41) is 5.23. The lowest BCUT2D eigenvalue weighted by molar-refractivity contribution is 1.02. The van der Waals surface area contributed by atoms with Crippen LogP contribution in [0.3, 0.4) is 0 Å². The van der Waals surface area contributed by atoms with Crippen molar-refractivity contribution in [1.29, 1.82) is 0 Å². The van der Waals surface area contributed by atoms with Crippen LogP contribution in [0.5, 0.6) is 0 Å². The van der Waals surface area contributed by atoms with Crippen LogP contribution < -0.4 is 16.8 Å². The molecule has 0 saturated carbocycles. The summed E-state index contributed by atoms with van der Waals surface area (Å²) in [5.41, 5.74) is 11.0. The molecule has 2 rings (SSSR count). The van der Waals surface area contributed by atoms with Crippen LogP contribution in [0.2, 0.25) is 0 Å². The molecular weight excluding hydrogens is 222 g/mol. The summed E-state index contributed by atoms with van der Waals surface area (Å²) in [7, 11) is 0. The van der Waals surface area contributed by atoms with Gasteiger partial charge in [0.25, 0.3) is 0 Å². The molecule has 2 heterocycles. The molecule has 0 aliphatic carbocycles. The monoisotopic (exact) mass is 235 g/mol. The van der Waals surface area contributed by atoms with E-state index in [0.29, 0.717) is 11.6 Å². The number of rotatable bonds is 4. The second kappa shape index (κ2) is 4.80. The second-order valence-corrected chi connectivity index (χ2v) is 4.32. The quantitative estimate of drug-likeness (QED) is 0.744. The highest BCUT2D eigenvalue weighted by Gasteiger charge is 1.99. The largest absolute Gasteiger partial charge is 0.383 e. The molecular formula is C10H13N5S. The predicted molar refractivity (Wildman–Crippen MR) is 67.4 cm³/mol. The van der Waals surface area contributed by atoms with Crippen molar-refractivity contribution in [3.05, 3.63) is 28.5 Å². The lowest BCUT2D eigenvalue weighted by Crippen LogP contribution is -2.08. The third kappa shape index (κ3) is 2.83. The maximum absolute atomic E-state index is 5.56. The average Bonchev–Trinajstić information content (AvgIpc) is 2.69. The van der Waals surface area contributed by atoms with Crippen molar-refractivity contribution in [2.24, 2.45) is 0 Å². The normalized spacial score (nSPS) is 10.2. The summed E-state index contributed by atoms with van der Waals surface area (Å²) in [6.07, 6.45) is 0.960. The van der Waals surface area contributed by atoms with Gasteiger partial charge in [0.15, 0.2) is 0 Å². The van der Waals surface area contributed by atoms with Crippen LogP contribution in [-0.4, -0.2) is 16.5 Å². The molecule has 0 aromatic carbocycles. The molecule has 84 valence electrons. The SMILES string of the molecule is Nc1cc(NCCc2cccs2)nc(N)n1. The van der Waals surface area contributed by atoms with Crippen molar-refractivity contribution in [3.8, 4) is 0 Å². The standard InChI is InChI=1S/C10H13N5S/c11-8-6-9(15-10(12)14-8)13-4-3-7-2-1-5-16-7/h1-2,5-6H,3-4H2,(H5,11,12,13,14,15). The van der Waals surface area contributed by atoms with Crippen LogP contribution in [0, 0.1) is 0 Å². The molecule has 0 bridgehead atoms. The lowest BCUT2D eigenvalue weighted by atomic mass is 10.3. The van der Waals surface area contributed by atoms with Crippen molar-refractivity contribution < 1.29 is 0 Å². The Morgan fingerprint density at radius 1 is 1.31 bits per heavy atom. The summed E-state index contributed by atoms with van der Waals surface area (Å²) in [6.45, 7) is 0.802. The zero-order chi connectivity index (χ0) is 11.4. The summed E-state index contributed by atoms with van der Waals surface area (Å²) in [5.74, 6) is 1.24. The molecule has 0 aliphatic heterocycles. The zero-order valence-corrected chi connectivity index (χ0v) is 9.50. The number of nitrogens with two attached hydrogens (primary N) is 2. The van der Waals surface area contributed by atoms with E-state index in [4.69, 9.17) is 11.5 Å². The van der Waals surface area contributed by atoms with Gasteiger partial charge >= 0.3 is 0 Å². The molecule has 0 aliphatic rings. The van der Waals surface area contributed by atoms with E-state index in [2.05, 4.69) is 26.7 Å². The van der Waals surface area contributed by atoms with E-state index in [1.54, 1.807) is 17.4 Å². The molecule has 0 spiro atoms. The van der Waals surface area contributed by atoms with Crippen molar-refractivity contribution in [2.75, 3.05) is 23.3 Å². The fourth-order valence-electron chi connectivity index (χ4n) is 1.34. The molecule has 6 heteroatoms. The number of anilines is 3. The first-order valence-corrected chi connectivity index (χ1v) is 5.78. The van der Waals surface area contributed by atoms with Crippen LogP contribution in [0.15, 0.2) is 23.6 Å². The van der Waals surface area contributed by atoms with Gasteiger partial charge in [-0.15, -0.1) is 11.3 Å². The summed E-state index contributed by atoms with van der Waals surface area (Å²) < 4.78 is 0. The Labute approximate surface area is 97.5 Å². The number of nitrogens with zero attached hydrogens (tertiary/aromatic N) is 2. The van der Waals surface area contributed by atoms with Crippen molar-refractivity contribution >= 4 is 28.9 Å². The first-order valence-electron chi connectivity index (χ1n) is 4.90. The molecule has 5 nitrogen and oxygen atoms in total. The van der Waals surface area contributed by atoms with E-state index in [1.807, 2.05) is 6.07 Å². The third-order valence-electron chi connectivity index (χ3n) is 2.02. The van der Waals surface area contributed by atoms with Crippen LogP contribution in [-0.2, 0) is 6.42 Å². The van der Waals surface area contributed by atoms with E-state index >= 15 is 0 Å². The van der Waals surface area contributed by atoms with Gasteiger partial charge in [-0.1, -0.05) is 6.07 Å². The maximum Gasteiger partial charge on any atom is 0.223 e. The van der Waals surface area contributed by atoms with Crippen LogP contribution in [0.4, 0.5) is 17.6 Å². The Morgan fingerprint density at radius 3 is 2.88 bits per heavy atom. The minimum atomic E-state index is 0.193. The molecule has 0 atom stereocenters.